The number of hydrogen-bond donors (Lipinski definition) is 1. The molecule has 0 heterocycles. The summed E-state index contributed by atoms with van der Waals surface area (Å²) in [6.45, 7) is -0.439. The van der Waals surface area contributed by atoms with Crippen molar-refractivity contribution in [3.63, 3.8) is 0 Å². The average molecular weight is 379 g/mol. The molecule has 0 spiro atoms. The largest absolute Gasteiger partial charge is 0.497 e. The zero-order valence-electron chi connectivity index (χ0n) is 14.2. The van der Waals surface area contributed by atoms with Crippen molar-refractivity contribution in [2.75, 3.05) is 24.2 Å². The third-order valence-corrected chi connectivity index (χ3v) is 4.46. The Morgan fingerprint density at radius 3 is 2.35 bits per heavy atom. The van der Waals surface area contributed by atoms with Gasteiger partial charge in [-0.2, -0.15) is 5.10 Å². The summed E-state index contributed by atoms with van der Waals surface area (Å²) in [6, 6.07) is 11.8. The molecule has 0 aliphatic rings. The lowest BCUT2D eigenvalue weighted by atomic mass is 10.2. The van der Waals surface area contributed by atoms with E-state index in [2.05, 4.69) is 10.5 Å². The maximum absolute atomic E-state index is 12.8. The molecule has 26 heavy (non-hydrogen) atoms. The zero-order valence-corrected chi connectivity index (χ0v) is 15.0. The number of sulfonamides is 1. The summed E-state index contributed by atoms with van der Waals surface area (Å²) in [5.41, 5.74) is 3.16. The number of anilines is 1. The maximum atomic E-state index is 12.8. The third-order valence-electron chi connectivity index (χ3n) is 3.32. The Balaban J connectivity index is 2.05. The molecule has 138 valence electrons. The number of carbonyl (C=O) groups is 1. The van der Waals surface area contributed by atoms with Crippen molar-refractivity contribution in [2.45, 2.75) is 0 Å². The summed E-state index contributed by atoms with van der Waals surface area (Å²) in [4.78, 5) is 12.0. The van der Waals surface area contributed by atoms with E-state index < -0.39 is 22.5 Å². The summed E-state index contributed by atoms with van der Waals surface area (Å²) < 4.78 is 42.8. The molecule has 0 bridgehead atoms. The highest BCUT2D eigenvalue weighted by molar-refractivity contribution is 7.92. The van der Waals surface area contributed by atoms with Gasteiger partial charge in [-0.25, -0.2) is 18.2 Å². The van der Waals surface area contributed by atoms with E-state index in [0.29, 0.717) is 17.0 Å². The fourth-order valence-electron chi connectivity index (χ4n) is 2.04. The van der Waals surface area contributed by atoms with Crippen LogP contribution in [-0.2, 0) is 14.8 Å². The number of nitrogens with one attached hydrogen (secondary N) is 1. The van der Waals surface area contributed by atoms with Crippen LogP contribution < -0.4 is 14.5 Å². The lowest BCUT2D eigenvalue weighted by Crippen LogP contribution is -2.39. The number of hydrazone groups is 1. The minimum atomic E-state index is -3.68. The maximum Gasteiger partial charge on any atom is 0.260 e. The average Bonchev–Trinajstić information content (AvgIpc) is 2.60. The van der Waals surface area contributed by atoms with E-state index >= 15 is 0 Å². The number of hydrogen-bond acceptors (Lipinski definition) is 5. The van der Waals surface area contributed by atoms with Crippen LogP contribution in [0.1, 0.15) is 5.56 Å². The minimum absolute atomic E-state index is 0.325. The Hall–Kier alpha value is -2.94. The van der Waals surface area contributed by atoms with Crippen molar-refractivity contribution in [3.8, 4) is 5.75 Å². The van der Waals surface area contributed by atoms with Crippen molar-refractivity contribution in [2.24, 2.45) is 5.10 Å². The predicted molar refractivity (Wildman–Crippen MR) is 97.3 cm³/mol. The molecule has 2 rings (SSSR count). The van der Waals surface area contributed by atoms with E-state index in [1.165, 1.54) is 49.7 Å². The van der Waals surface area contributed by atoms with Gasteiger partial charge in [-0.15, -0.1) is 0 Å². The number of ether oxygens (including phenoxy) is 1. The Morgan fingerprint density at radius 2 is 1.81 bits per heavy atom. The molecule has 1 amide bonds. The Morgan fingerprint density at radius 1 is 1.19 bits per heavy atom. The zero-order chi connectivity index (χ0) is 19.2. The predicted octanol–water partition coefficient (Wildman–Crippen LogP) is 1.75. The van der Waals surface area contributed by atoms with Crippen LogP contribution in [0.15, 0.2) is 53.6 Å². The second kappa shape index (κ2) is 8.43. The molecule has 7 nitrogen and oxygen atoms in total. The van der Waals surface area contributed by atoms with Crippen LogP contribution in [0.25, 0.3) is 0 Å². The van der Waals surface area contributed by atoms with E-state index in [-0.39, 0.29) is 5.82 Å². The van der Waals surface area contributed by atoms with Gasteiger partial charge in [-0.3, -0.25) is 9.10 Å². The van der Waals surface area contributed by atoms with Crippen molar-refractivity contribution in [1.29, 1.82) is 0 Å². The van der Waals surface area contributed by atoms with Crippen LogP contribution in [0.3, 0.4) is 0 Å². The second-order valence-corrected chi connectivity index (χ2v) is 7.22. The molecule has 0 saturated heterocycles. The molecule has 0 unspecified atom stereocenters. The number of amides is 1. The monoisotopic (exact) mass is 379 g/mol. The van der Waals surface area contributed by atoms with Gasteiger partial charge in [0, 0.05) is 0 Å². The van der Waals surface area contributed by atoms with Crippen LogP contribution in [0.5, 0.6) is 5.75 Å². The van der Waals surface area contributed by atoms with Crippen molar-refractivity contribution >= 4 is 27.8 Å². The first-order chi connectivity index (χ1) is 12.3. The van der Waals surface area contributed by atoms with E-state index in [1.807, 2.05) is 0 Å². The molecule has 2 aromatic rings. The van der Waals surface area contributed by atoms with Crippen LogP contribution in [-0.4, -0.2) is 40.4 Å². The van der Waals surface area contributed by atoms with E-state index in [9.17, 15) is 17.6 Å². The van der Waals surface area contributed by atoms with Gasteiger partial charge in [-0.05, 0) is 42.0 Å². The number of nitrogens with zero attached hydrogens (tertiary/aromatic N) is 2. The highest BCUT2D eigenvalue weighted by Crippen LogP contribution is 2.21. The Bertz CT molecular complexity index is 881. The lowest BCUT2D eigenvalue weighted by molar-refractivity contribution is -0.119. The van der Waals surface area contributed by atoms with E-state index in [0.717, 1.165) is 10.6 Å². The first-order valence-electron chi connectivity index (χ1n) is 7.49. The normalized spacial score (nSPS) is 11.3. The number of rotatable bonds is 7. The van der Waals surface area contributed by atoms with Crippen LogP contribution in [0.2, 0.25) is 0 Å². The van der Waals surface area contributed by atoms with Crippen molar-refractivity contribution in [1.82, 2.24) is 5.43 Å². The molecule has 0 atom stereocenters. The molecule has 0 fully saturated rings. The molecule has 0 aliphatic carbocycles. The Kier molecular flexibility index (Phi) is 6.29. The van der Waals surface area contributed by atoms with Crippen LogP contribution in [0, 0.1) is 5.82 Å². The molecule has 2 aromatic carbocycles. The highest BCUT2D eigenvalue weighted by atomic mass is 32.2. The van der Waals surface area contributed by atoms with Crippen molar-refractivity contribution < 1.29 is 22.3 Å². The van der Waals surface area contributed by atoms with Crippen LogP contribution in [0.4, 0.5) is 10.1 Å². The molecule has 1 N–H and O–H groups in total. The van der Waals surface area contributed by atoms with Gasteiger partial charge < -0.3 is 4.74 Å². The molecule has 9 heteroatoms. The van der Waals surface area contributed by atoms with Crippen LogP contribution >= 0.6 is 0 Å². The second-order valence-electron chi connectivity index (χ2n) is 5.31. The molecule has 0 aliphatic heterocycles. The highest BCUT2D eigenvalue weighted by Gasteiger charge is 2.20. The van der Waals surface area contributed by atoms with Gasteiger partial charge in [-0.1, -0.05) is 12.1 Å². The van der Waals surface area contributed by atoms with Gasteiger partial charge >= 0.3 is 0 Å². The fraction of sp³-hybridized carbons (Fsp3) is 0.176. The standard InChI is InChI=1S/C17H18FN3O4S/c1-25-16-9-7-15(8-10-16)21(26(2,23)24)12-17(22)20-19-11-13-3-5-14(18)6-4-13/h3-11H,12H2,1-2H3,(H,20,22)/b19-11-. The lowest BCUT2D eigenvalue weighted by Gasteiger charge is -2.21. The molecular weight excluding hydrogens is 361 g/mol. The molecule has 0 aromatic heterocycles. The van der Waals surface area contributed by atoms with Gasteiger partial charge in [0.05, 0.1) is 25.3 Å². The molecular formula is C17H18FN3O4S. The van der Waals surface area contributed by atoms with Gasteiger partial charge in [0.25, 0.3) is 5.91 Å². The number of halogens is 1. The SMILES string of the molecule is COc1ccc(N(CC(=O)N/N=C\c2ccc(F)cc2)S(C)(=O)=O)cc1. The summed E-state index contributed by atoms with van der Waals surface area (Å²) in [5.74, 6) is -0.436. The first kappa shape index (κ1) is 19.4. The number of carbonyl (C=O) groups excluding carboxylic acids is 1. The number of benzene rings is 2. The van der Waals surface area contributed by atoms with E-state index in [4.69, 9.17) is 4.74 Å². The fourth-order valence-corrected chi connectivity index (χ4v) is 2.90. The van der Waals surface area contributed by atoms with Gasteiger partial charge in [0.15, 0.2) is 0 Å². The minimum Gasteiger partial charge on any atom is -0.497 e. The smallest absolute Gasteiger partial charge is 0.260 e. The van der Waals surface area contributed by atoms with Gasteiger partial charge in [0.1, 0.15) is 18.1 Å². The topological polar surface area (TPSA) is 88.1 Å². The summed E-state index contributed by atoms with van der Waals surface area (Å²) in [5, 5.41) is 3.74. The number of methoxy groups -OCH3 is 1. The molecule has 0 saturated carbocycles. The van der Waals surface area contributed by atoms with Gasteiger partial charge in [0.2, 0.25) is 10.0 Å². The summed E-state index contributed by atoms with van der Waals surface area (Å²) in [6.07, 6.45) is 2.34. The third kappa shape index (κ3) is 5.55. The summed E-state index contributed by atoms with van der Waals surface area (Å²) in [7, 11) is -2.18. The Labute approximate surface area is 151 Å². The quantitative estimate of drug-likeness (QED) is 0.586. The first-order valence-corrected chi connectivity index (χ1v) is 9.33. The van der Waals surface area contributed by atoms with Crippen molar-refractivity contribution in [3.05, 3.63) is 59.9 Å². The molecule has 0 radical (unpaired) electrons. The van der Waals surface area contributed by atoms with E-state index in [1.54, 1.807) is 12.1 Å². The summed E-state index contributed by atoms with van der Waals surface area (Å²) >= 11 is 0.